The van der Waals surface area contributed by atoms with E-state index in [1.165, 1.54) is 10.9 Å². The minimum Gasteiger partial charge on any atom is -0.493 e. The molecule has 0 amide bonds. The maximum atomic E-state index is 6.50. The number of hydrogen-bond acceptors (Lipinski definition) is 3. The molecule has 0 radical (unpaired) electrons. The van der Waals surface area contributed by atoms with Crippen LogP contribution in [-0.4, -0.2) is 18.8 Å². The van der Waals surface area contributed by atoms with Gasteiger partial charge in [-0.1, -0.05) is 24.3 Å². The molecule has 3 aromatic rings. The highest BCUT2D eigenvalue weighted by atomic mass is 16.5. The summed E-state index contributed by atoms with van der Waals surface area (Å²) in [5.41, 5.74) is 9.77. The molecule has 0 spiro atoms. The van der Waals surface area contributed by atoms with Crippen LogP contribution in [0.4, 0.5) is 0 Å². The molecule has 3 rings (SSSR count). The smallest absolute Gasteiger partial charge is 0.161 e. The second kappa shape index (κ2) is 5.73. The molecule has 2 N–H and O–H groups in total. The van der Waals surface area contributed by atoms with E-state index in [0.717, 1.165) is 11.1 Å². The molecule has 4 nitrogen and oxygen atoms in total. The number of methoxy groups -OCH3 is 2. The SMILES string of the molecule is COc1ccc(C(N)c2cn(C)c3ccccc23)cc1OC. The molecule has 2 aromatic carbocycles. The van der Waals surface area contributed by atoms with Crippen LogP contribution in [0.1, 0.15) is 17.2 Å². The quantitative estimate of drug-likeness (QED) is 0.804. The van der Waals surface area contributed by atoms with Crippen molar-refractivity contribution in [2.24, 2.45) is 12.8 Å². The highest BCUT2D eigenvalue weighted by Gasteiger charge is 2.17. The van der Waals surface area contributed by atoms with Gasteiger partial charge in [0.25, 0.3) is 0 Å². The van der Waals surface area contributed by atoms with E-state index >= 15 is 0 Å². The molecule has 0 saturated carbocycles. The minimum atomic E-state index is -0.217. The Bertz CT molecular complexity index is 808. The molecular weight excluding hydrogens is 276 g/mol. The van der Waals surface area contributed by atoms with Gasteiger partial charge in [-0.25, -0.2) is 0 Å². The van der Waals surface area contributed by atoms with E-state index in [4.69, 9.17) is 15.2 Å². The van der Waals surface area contributed by atoms with Gasteiger partial charge in [-0.05, 0) is 29.3 Å². The number of ether oxygens (including phenoxy) is 2. The summed E-state index contributed by atoms with van der Waals surface area (Å²) in [6, 6.07) is 13.9. The maximum Gasteiger partial charge on any atom is 0.161 e. The summed E-state index contributed by atoms with van der Waals surface area (Å²) in [7, 11) is 5.29. The fraction of sp³-hybridized carbons (Fsp3) is 0.222. The average Bonchev–Trinajstić information content (AvgIpc) is 2.91. The second-order valence-electron chi connectivity index (χ2n) is 5.30. The molecule has 0 aliphatic heterocycles. The minimum absolute atomic E-state index is 0.217. The van der Waals surface area contributed by atoms with Gasteiger partial charge in [-0.3, -0.25) is 0 Å². The van der Waals surface area contributed by atoms with Crippen LogP contribution in [0.25, 0.3) is 10.9 Å². The van der Waals surface area contributed by atoms with Gasteiger partial charge in [-0.15, -0.1) is 0 Å². The first-order valence-electron chi connectivity index (χ1n) is 7.17. The first-order chi connectivity index (χ1) is 10.7. The lowest BCUT2D eigenvalue weighted by Crippen LogP contribution is -2.11. The standard InChI is InChI=1S/C18H20N2O2/c1-20-11-14(13-6-4-5-7-15(13)20)18(19)12-8-9-16(21-2)17(10-12)22-3/h4-11,18H,19H2,1-3H3. The molecule has 4 heteroatoms. The van der Waals surface area contributed by atoms with Crippen LogP contribution in [0.2, 0.25) is 0 Å². The number of aryl methyl sites for hydroxylation is 1. The first kappa shape index (κ1) is 14.5. The lowest BCUT2D eigenvalue weighted by atomic mass is 9.98. The van der Waals surface area contributed by atoms with Gasteiger partial charge >= 0.3 is 0 Å². The number of fused-ring (bicyclic) bond motifs is 1. The zero-order chi connectivity index (χ0) is 15.7. The summed E-state index contributed by atoms with van der Waals surface area (Å²) < 4.78 is 12.8. The van der Waals surface area contributed by atoms with Crippen molar-refractivity contribution in [3.63, 3.8) is 0 Å². The molecule has 114 valence electrons. The zero-order valence-corrected chi connectivity index (χ0v) is 13.0. The lowest BCUT2D eigenvalue weighted by Gasteiger charge is -2.14. The number of benzene rings is 2. The van der Waals surface area contributed by atoms with Gasteiger partial charge in [0.05, 0.1) is 20.3 Å². The number of aromatic nitrogens is 1. The van der Waals surface area contributed by atoms with E-state index in [2.05, 4.69) is 22.9 Å². The van der Waals surface area contributed by atoms with E-state index in [9.17, 15) is 0 Å². The Kier molecular flexibility index (Phi) is 3.77. The molecular formula is C18H20N2O2. The maximum absolute atomic E-state index is 6.50. The summed E-state index contributed by atoms with van der Waals surface area (Å²) in [5.74, 6) is 1.40. The summed E-state index contributed by atoms with van der Waals surface area (Å²) in [4.78, 5) is 0. The number of para-hydroxylation sites is 1. The van der Waals surface area contributed by atoms with Gasteiger partial charge < -0.3 is 19.8 Å². The zero-order valence-electron chi connectivity index (χ0n) is 13.0. The van der Waals surface area contributed by atoms with Crippen molar-refractivity contribution in [1.82, 2.24) is 4.57 Å². The summed E-state index contributed by atoms with van der Waals surface area (Å²) >= 11 is 0. The van der Waals surface area contributed by atoms with Crippen LogP contribution >= 0.6 is 0 Å². The molecule has 1 heterocycles. The third-order valence-corrected chi connectivity index (χ3v) is 4.03. The van der Waals surface area contributed by atoms with Crippen molar-refractivity contribution >= 4 is 10.9 Å². The Morgan fingerprint density at radius 2 is 1.73 bits per heavy atom. The third kappa shape index (κ3) is 2.31. The summed E-state index contributed by atoms with van der Waals surface area (Å²) in [5, 5.41) is 1.17. The molecule has 0 fully saturated rings. The van der Waals surface area contributed by atoms with Crippen molar-refractivity contribution in [2.45, 2.75) is 6.04 Å². The monoisotopic (exact) mass is 296 g/mol. The topological polar surface area (TPSA) is 49.4 Å². The van der Waals surface area contributed by atoms with Gasteiger partial charge in [-0.2, -0.15) is 0 Å². The molecule has 22 heavy (non-hydrogen) atoms. The van der Waals surface area contributed by atoms with Crippen molar-refractivity contribution in [2.75, 3.05) is 14.2 Å². The van der Waals surface area contributed by atoms with Gasteiger partial charge in [0.2, 0.25) is 0 Å². The fourth-order valence-corrected chi connectivity index (χ4v) is 2.85. The molecule has 1 unspecified atom stereocenters. The van der Waals surface area contributed by atoms with E-state index in [1.54, 1.807) is 14.2 Å². The number of rotatable bonds is 4. The Labute approximate surface area is 130 Å². The Hall–Kier alpha value is -2.46. The average molecular weight is 296 g/mol. The summed E-state index contributed by atoms with van der Waals surface area (Å²) in [6.45, 7) is 0. The molecule has 0 aliphatic rings. The van der Waals surface area contributed by atoms with Gasteiger partial charge in [0, 0.05) is 24.1 Å². The number of nitrogens with two attached hydrogens (primary N) is 1. The summed E-state index contributed by atoms with van der Waals surface area (Å²) in [6.07, 6.45) is 2.09. The number of nitrogens with zero attached hydrogens (tertiary/aromatic N) is 1. The largest absolute Gasteiger partial charge is 0.493 e. The van der Waals surface area contributed by atoms with Crippen molar-refractivity contribution in [1.29, 1.82) is 0 Å². The Morgan fingerprint density at radius 1 is 1.00 bits per heavy atom. The van der Waals surface area contributed by atoms with Gasteiger partial charge in [0.1, 0.15) is 0 Å². The van der Waals surface area contributed by atoms with Crippen LogP contribution < -0.4 is 15.2 Å². The number of hydrogen-bond donors (Lipinski definition) is 1. The van der Waals surface area contributed by atoms with Crippen LogP contribution in [0, 0.1) is 0 Å². The van der Waals surface area contributed by atoms with Crippen molar-refractivity contribution < 1.29 is 9.47 Å². The van der Waals surface area contributed by atoms with E-state index in [1.807, 2.05) is 37.4 Å². The van der Waals surface area contributed by atoms with Gasteiger partial charge in [0.15, 0.2) is 11.5 Å². The Balaban J connectivity index is 2.08. The second-order valence-corrected chi connectivity index (χ2v) is 5.30. The normalized spacial score (nSPS) is 12.4. The van der Waals surface area contributed by atoms with Crippen LogP contribution in [-0.2, 0) is 7.05 Å². The third-order valence-electron chi connectivity index (χ3n) is 4.03. The molecule has 0 bridgehead atoms. The predicted octanol–water partition coefficient (Wildman–Crippen LogP) is 3.24. The molecule has 1 aromatic heterocycles. The first-order valence-corrected chi connectivity index (χ1v) is 7.17. The van der Waals surface area contributed by atoms with Crippen LogP contribution in [0.5, 0.6) is 11.5 Å². The van der Waals surface area contributed by atoms with E-state index < -0.39 is 0 Å². The fourth-order valence-electron chi connectivity index (χ4n) is 2.85. The van der Waals surface area contributed by atoms with E-state index in [-0.39, 0.29) is 6.04 Å². The highest BCUT2D eigenvalue weighted by molar-refractivity contribution is 5.84. The lowest BCUT2D eigenvalue weighted by molar-refractivity contribution is 0.354. The molecule has 0 saturated heterocycles. The predicted molar refractivity (Wildman–Crippen MR) is 88.5 cm³/mol. The van der Waals surface area contributed by atoms with Crippen molar-refractivity contribution in [3.8, 4) is 11.5 Å². The molecule has 1 atom stereocenters. The highest BCUT2D eigenvalue weighted by Crippen LogP contribution is 2.33. The molecule has 0 aliphatic carbocycles. The van der Waals surface area contributed by atoms with Crippen LogP contribution in [0.15, 0.2) is 48.7 Å². The van der Waals surface area contributed by atoms with Crippen molar-refractivity contribution in [3.05, 3.63) is 59.8 Å². The Morgan fingerprint density at radius 3 is 2.45 bits per heavy atom. The van der Waals surface area contributed by atoms with E-state index in [0.29, 0.717) is 11.5 Å². The van der Waals surface area contributed by atoms with Crippen LogP contribution in [0.3, 0.4) is 0 Å².